The molecule has 15 heavy (non-hydrogen) atoms. The zero-order valence-electron chi connectivity index (χ0n) is 7.77. The molecule has 0 amide bonds. The summed E-state index contributed by atoms with van der Waals surface area (Å²) >= 11 is 3.32. The first-order valence-corrected chi connectivity index (χ1v) is 6.86. The fourth-order valence-corrected chi connectivity index (χ4v) is 4.30. The van der Waals surface area contributed by atoms with Crippen LogP contribution in [0, 0.1) is 11.3 Å². The molecule has 1 atom stereocenters. The highest BCUT2D eigenvalue weighted by molar-refractivity contribution is 9.09. The van der Waals surface area contributed by atoms with Gasteiger partial charge in [-0.05, 0) is 12.5 Å². The molecule has 1 unspecified atom stereocenters. The Morgan fingerprint density at radius 1 is 1.40 bits per heavy atom. The van der Waals surface area contributed by atoms with Gasteiger partial charge in [-0.2, -0.15) is 5.26 Å². The van der Waals surface area contributed by atoms with E-state index < -0.39 is 14.2 Å². The fraction of sp³-hybridized carbons (Fsp3) is 0.300. The van der Waals surface area contributed by atoms with E-state index in [9.17, 15) is 8.42 Å². The van der Waals surface area contributed by atoms with E-state index in [0.717, 1.165) is 0 Å². The molecule has 78 valence electrons. The van der Waals surface area contributed by atoms with Crippen molar-refractivity contribution in [3.8, 4) is 6.07 Å². The Morgan fingerprint density at radius 3 is 2.73 bits per heavy atom. The average molecular weight is 286 g/mol. The molecule has 0 radical (unpaired) electrons. The zero-order valence-corrected chi connectivity index (χ0v) is 10.2. The van der Waals surface area contributed by atoms with E-state index in [1.54, 1.807) is 24.3 Å². The van der Waals surface area contributed by atoms with E-state index in [4.69, 9.17) is 5.26 Å². The van der Waals surface area contributed by atoms with Gasteiger partial charge in [0.15, 0.2) is 9.84 Å². The number of halogens is 1. The van der Waals surface area contributed by atoms with E-state index >= 15 is 0 Å². The molecule has 0 bridgehead atoms. The van der Waals surface area contributed by atoms with Crippen molar-refractivity contribution in [2.45, 2.75) is 15.6 Å². The highest BCUT2D eigenvalue weighted by atomic mass is 79.9. The van der Waals surface area contributed by atoms with Crippen LogP contribution in [0.15, 0.2) is 29.2 Å². The van der Waals surface area contributed by atoms with Gasteiger partial charge in [-0.25, -0.2) is 8.42 Å². The third-order valence-electron chi connectivity index (χ3n) is 2.54. The SMILES string of the molecule is N#CC1(Br)CCS(=O)(=O)c2ccccc21. The fourth-order valence-electron chi connectivity index (χ4n) is 1.70. The average Bonchev–Trinajstić information content (AvgIpc) is 2.25. The molecule has 5 heteroatoms. The number of hydrogen-bond donors (Lipinski definition) is 0. The predicted octanol–water partition coefficient (Wildman–Crippen LogP) is 1.98. The van der Waals surface area contributed by atoms with E-state index in [1.165, 1.54) is 0 Å². The largest absolute Gasteiger partial charge is 0.224 e. The molecule has 0 aliphatic carbocycles. The van der Waals surface area contributed by atoms with Crippen LogP contribution in [0.3, 0.4) is 0 Å². The third kappa shape index (κ3) is 1.58. The van der Waals surface area contributed by atoms with Crippen molar-refractivity contribution in [3.63, 3.8) is 0 Å². The Labute approximate surface area is 96.8 Å². The molecule has 2 rings (SSSR count). The van der Waals surface area contributed by atoms with Crippen molar-refractivity contribution in [3.05, 3.63) is 29.8 Å². The van der Waals surface area contributed by atoms with E-state index in [1.807, 2.05) is 0 Å². The molecule has 0 saturated carbocycles. The molecule has 3 nitrogen and oxygen atoms in total. The van der Waals surface area contributed by atoms with Crippen molar-refractivity contribution in [1.29, 1.82) is 5.26 Å². The summed E-state index contributed by atoms with van der Waals surface area (Å²) in [6.45, 7) is 0. The van der Waals surface area contributed by atoms with Gasteiger partial charge in [-0.1, -0.05) is 34.1 Å². The molecular formula is C10H8BrNO2S. The van der Waals surface area contributed by atoms with Crippen LogP contribution >= 0.6 is 15.9 Å². The molecule has 0 aromatic heterocycles. The second kappa shape index (κ2) is 3.32. The van der Waals surface area contributed by atoms with Gasteiger partial charge in [0, 0.05) is 5.56 Å². The highest BCUT2D eigenvalue weighted by Gasteiger charge is 2.40. The number of nitriles is 1. The van der Waals surface area contributed by atoms with Crippen LogP contribution in [0.25, 0.3) is 0 Å². The number of alkyl halides is 1. The van der Waals surface area contributed by atoms with Gasteiger partial charge < -0.3 is 0 Å². The molecule has 1 aliphatic heterocycles. The van der Waals surface area contributed by atoms with Gasteiger partial charge in [0.1, 0.15) is 4.32 Å². The van der Waals surface area contributed by atoms with Crippen LogP contribution < -0.4 is 0 Å². The minimum absolute atomic E-state index is 0.0167. The lowest BCUT2D eigenvalue weighted by molar-refractivity contribution is 0.577. The number of fused-ring (bicyclic) bond motifs is 1. The van der Waals surface area contributed by atoms with Crippen LogP contribution in [-0.4, -0.2) is 14.2 Å². The van der Waals surface area contributed by atoms with Gasteiger partial charge in [-0.3, -0.25) is 0 Å². The van der Waals surface area contributed by atoms with E-state index in [2.05, 4.69) is 22.0 Å². The first kappa shape index (κ1) is 10.7. The maximum atomic E-state index is 11.7. The van der Waals surface area contributed by atoms with Gasteiger partial charge in [-0.15, -0.1) is 0 Å². The van der Waals surface area contributed by atoms with Crippen molar-refractivity contribution in [2.75, 3.05) is 5.75 Å². The summed E-state index contributed by atoms with van der Waals surface area (Å²) in [6, 6.07) is 8.78. The molecule has 0 spiro atoms. The van der Waals surface area contributed by atoms with Crippen LogP contribution in [0.1, 0.15) is 12.0 Å². The molecule has 1 aliphatic rings. The quantitative estimate of drug-likeness (QED) is 0.685. The summed E-state index contributed by atoms with van der Waals surface area (Å²) < 4.78 is 22.6. The Morgan fingerprint density at radius 2 is 2.07 bits per heavy atom. The Bertz CT molecular complexity index is 547. The first-order chi connectivity index (χ1) is 6.99. The van der Waals surface area contributed by atoms with Crippen LogP contribution in [-0.2, 0) is 14.2 Å². The Hall–Kier alpha value is -0.860. The Balaban J connectivity index is 2.76. The standard InChI is InChI=1S/C10H8BrNO2S/c11-10(7-12)5-6-15(13,14)9-4-2-1-3-8(9)10/h1-4H,5-6H2. The lowest BCUT2D eigenvalue weighted by atomic mass is 9.97. The molecule has 0 fully saturated rings. The summed E-state index contributed by atoms with van der Waals surface area (Å²) in [6.07, 6.45) is 0.294. The highest BCUT2D eigenvalue weighted by Crippen LogP contribution is 2.42. The zero-order chi connectivity index (χ0) is 11.1. The third-order valence-corrected chi connectivity index (χ3v) is 5.31. The normalized spacial score (nSPS) is 27.7. The minimum atomic E-state index is -3.20. The number of sulfone groups is 1. The second-order valence-electron chi connectivity index (χ2n) is 3.48. The van der Waals surface area contributed by atoms with Gasteiger partial charge in [0.25, 0.3) is 0 Å². The van der Waals surface area contributed by atoms with Gasteiger partial charge in [0.2, 0.25) is 0 Å². The van der Waals surface area contributed by atoms with Crippen LogP contribution in [0.5, 0.6) is 0 Å². The smallest absolute Gasteiger partial charge is 0.178 e. The molecule has 0 N–H and O–H groups in total. The van der Waals surface area contributed by atoms with Crippen molar-refractivity contribution < 1.29 is 8.42 Å². The summed E-state index contributed by atoms with van der Waals surface area (Å²) in [4.78, 5) is 0.273. The van der Waals surface area contributed by atoms with Crippen LogP contribution in [0.4, 0.5) is 0 Å². The number of benzene rings is 1. The van der Waals surface area contributed by atoms with Gasteiger partial charge in [0.05, 0.1) is 16.7 Å². The molecule has 1 aromatic carbocycles. The van der Waals surface area contributed by atoms with Crippen molar-refractivity contribution in [1.82, 2.24) is 0 Å². The number of rotatable bonds is 0. The van der Waals surface area contributed by atoms with E-state index in [-0.39, 0.29) is 10.6 Å². The summed E-state index contributed by atoms with van der Waals surface area (Å²) in [5.74, 6) is 0.0167. The molecule has 1 aromatic rings. The summed E-state index contributed by atoms with van der Waals surface area (Å²) in [5, 5.41) is 9.08. The first-order valence-electron chi connectivity index (χ1n) is 4.42. The lowest BCUT2D eigenvalue weighted by Crippen LogP contribution is -2.29. The number of hydrogen-bond acceptors (Lipinski definition) is 3. The lowest BCUT2D eigenvalue weighted by Gasteiger charge is -2.27. The molecular weight excluding hydrogens is 278 g/mol. The maximum absolute atomic E-state index is 11.7. The topological polar surface area (TPSA) is 57.9 Å². The molecule has 0 saturated heterocycles. The summed E-state index contributed by atoms with van der Waals surface area (Å²) in [7, 11) is -3.20. The second-order valence-corrected chi connectivity index (χ2v) is 6.91. The van der Waals surface area contributed by atoms with Gasteiger partial charge >= 0.3 is 0 Å². The Kier molecular flexibility index (Phi) is 2.36. The minimum Gasteiger partial charge on any atom is -0.224 e. The van der Waals surface area contributed by atoms with Crippen molar-refractivity contribution in [2.24, 2.45) is 0 Å². The molecule has 1 heterocycles. The summed E-state index contributed by atoms with van der Waals surface area (Å²) in [5.41, 5.74) is 0.554. The predicted molar refractivity (Wildman–Crippen MR) is 59.3 cm³/mol. The van der Waals surface area contributed by atoms with Crippen molar-refractivity contribution >= 4 is 25.8 Å². The monoisotopic (exact) mass is 285 g/mol. The van der Waals surface area contributed by atoms with E-state index in [0.29, 0.717) is 12.0 Å². The maximum Gasteiger partial charge on any atom is 0.178 e. The van der Waals surface area contributed by atoms with Crippen LogP contribution in [0.2, 0.25) is 0 Å². The number of nitrogens with zero attached hydrogens (tertiary/aromatic N) is 1.